The number of hydrogen-bond donors (Lipinski definition) is 3. The summed E-state index contributed by atoms with van der Waals surface area (Å²) >= 11 is 2.66. The van der Waals surface area contributed by atoms with E-state index in [2.05, 4.69) is 22.0 Å². The zero-order valence-corrected chi connectivity index (χ0v) is 29.2. The second kappa shape index (κ2) is 17.0. The molecule has 4 aromatic carbocycles. The van der Waals surface area contributed by atoms with Crippen molar-refractivity contribution in [1.29, 1.82) is 5.26 Å². The van der Waals surface area contributed by atoms with Crippen LogP contribution in [0.2, 0.25) is 0 Å². The highest BCUT2D eigenvalue weighted by atomic mass is 32.2. The highest BCUT2D eigenvalue weighted by molar-refractivity contribution is 8.00. The lowest BCUT2D eigenvalue weighted by atomic mass is 10.1. The number of carbonyl (C=O) groups excluding carboxylic acids is 3. The molecule has 0 fully saturated rings. The lowest BCUT2D eigenvalue weighted by Crippen LogP contribution is -2.30. The van der Waals surface area contributed by atoms with Gasteiger partial charge in [-0.15, -0.1) is 23.1 Å². The van der Waals surface area contributed by atoms with Crippen molar-refractivity contribution in [2.75, 3.05) is 24.9 Å². The van der Waals surface area contributed by atoms with E-state index >= 15 is 0 Å². The maximum atomic E-state index is 13.7. The fourth-order valence-electron chi connectivity index (χ4n) is 5.04. The first-order chi connectivity index (χ1) is 24.3. The Morgan fingerprint density at radius 2 is 1.62 bits per heavy atom. The Morgan fingerprint density at radius 3 is 2.30 bits per heavy atom. The molecule has 50 heavy (non-hydrogen) atoms. The van der Waals surface area contributed by atoms with Gasteiger partial charge in [-0.25, -0.2) is 0 Å². The molecule has 0 aliphatic rings. The second-order valence-electron chi connectivity index (χ2n) is 10.8. The van der Waals surface area contributed by atoms with Crippen molar-refractivity contribution in [1.82, 2.24) is 5.32 Å². The summed E-state index contributed by atoms with van der Waals surface area (Å²) in [4.78, 5) is 41.1. The Hall–Kier alpha value is -5.83. The van der Waals surface area contributed by atoms with Gasteiger partial charge in [0.2, 0.25) is 5.91 Å². The SMILES string of the molecule is CCC(Sc1cccc(NC(=O)/C(=C\c2cccc(OC)c2OC)NC(=O)c2ccccc2)c1)C(=O)Nc1scc(-c2ccccc2)c1C#N. The summed E-state index contributed by atoms with van der Waals surface area (Å²) in [6.07, 6.45) is 2.05. The second-order valence-corrected chi connectivity index (χ2v) is 12.9. The summed E-state index contributed by atoms with van der Waals surface area (Å²) in [5.74, 6) is -0.393. The van der Waals surface area contributed by atoms with Gasteiger partial charge in [0, 0.05) is 32.7 Å². The van der Waals surface area contributed by atoms with Crippen LogP contribution in [0.25, 0.3) is 17.2 Å². The van der Waals surface area contributed by atoms with Crippen LogP contribution in [-0.2, 0) is 9.59 Å². The predicted octanol–water partition coefficient (Wildman–Crippen LogP) is 8.22. The van der Waals surface area contributed by atoms with Crippen molar-refractivity contribution in [3.63, 3.8) is 0 Å². The number of nitrogens with one attached hydrogen (secondary N) is 3. The maximum Gasteiger partial charge on any atom is 0.272 e. The average Bonchev–Trinajstić information content (AvgIpc) is 3.56. The number of thiophene rings is 1. The number of benzene rings is 4. The van der Waals surface area contributed by atoms with Gasteiger partial charge in [0.1, 0.15) is 16.8 Å². The molecule has 252 valence electrons. The Bertz CT molecular complexity index is 2060. The number of methoxy groups -OCH3 is 2. The van der Waals surface area contributed by atoms with Crippen LogP contribution < -0.4 is 25.4 Å². The minimum absolute atomic E-state index is 0.0200. The van der Waals surface area contributed by atoms with Crippen molar-refractivity contribution in [3.8, 4) is 28.7 Å². The fourth-order valence-corrected chi connectivity index (χ4v) is 6.98. The van der Waals surface area contributed by atoms with Crippen LogP contribution in [0.4, 0.5) is 10.7 Å². The summed E-state index contributed by atoms with van der Waals surface area (Å²) in [6, 6.07) is 32.7. The summed E-state index contributed by atoms with van der Waals surface area (Å²) < 4.78 is 11.0. The molecule has 1 aromatic heterocycles. The van der Waals surface area contributed by atoms with Crippen molar-refractivity contribution < 1.29 is 23.9 Å². The maximum absolute atomic E-state index is 13.7. The van der Waals surface area contributed by atoms with Crippen molar-refractivity contribution in [3.05, 3.63) is 131 Å². The fraction of sp³-hybridized carbons (Fsp3) is 0.128. The lowest BCUT2D eigenvalue weighted by Gasteiger charge is -2.16. The molecule has 1 unspecified atom stereocenters. The van der Waals surface area contributed by atoms with Crippen molar-refractivity contribution in [2.24, 2.45) is 0 Å². The quantitative estimate of drug-likeness (QED) is 0.0833. The highest BCUT2D eigenvalue weighted by Crippen LogP contribution is 2.36. The molecule has 0 saturated heterocycles. The Kier molecular flexibility index (Phi) is 12.1. The summed E-state index contributed by atoms with van der Waals surface area (Å²) in [6.45, 7) is 1.91. The molecule has 1 atom stereocenters. The van der Waals surface area contributed by atoms with Gasteiger partial charge < -0.3 is 25.4 Å². The van der Waals surface area contributed by atoms with Gasteiger partial charge in [0.25, 0.3) is 11.8 Å². The van der Waals surface area contributed by atoms with Crippen molar-refractivity contribution in [2.45, 2.75) is 23.5 Å². The van der Waals surface area contributed by atoms with E-state index in [-0.39, 0.29) is 11.6 Å². The van der Waals surface area contributed by atoms with Crippen molar-refractivity contribution >= 4 is 57.6 Å². The minimum Gasteiger partial charge on any atom is -0.493 e. The largest absolute Gasteiger partial charge is 0.493 e. The zero-order chi connectivity index (χ0) is 35.5. The summed E-state index contributed by atoms with van der Waals surface area (Å²) in [5.41, 5.74) is 3.45. The van der Waals surface area contributed by atoms with Gasteiger partial charge in [0.15, 0.2) is 11.5 Å². The molecule has 9 nitrogen and oxygen atoms in total. The third-order valence-corrected chi connectivity index (χ3v) is 9.77. The van der Waals surface area contributed by atoms with E-state index in [1.54, 1.807) is 66.7 Å². The first kappa shape index (κ1) is 35.5. The molecule has 0 spiro atoms. The van der Waals surface area contributed by atoms with Crippen LogP contribution in [0.5, 0.6) is 11.5 Å². The van der Waals surface area contributed by atoms with E-state index in [0.717, 1.165) is 16.0 Å². The third-order valence-electron chi connectivity index (χ3n) is 7.52. The summed E-state index contributed by atoms with van der Waals surface area (Å²) in [7, 11) is 3.01. The number of rotatable bonds is 13. The van der Waals surface area contributed by atoms with E-state index in [4.69, 9.17) is 9.47 Å². The Balaban J connectivity index is 1.34. The number of carbonyl (C=O) groups is 3. The standard InChI is InChI=1S/C39H34N4O5S2/c1-4-34(38(46)43-39-30(23-40)31(24-49-39)25-13-7-5-8-14-25)50-29-19-12-18-28(22-29)41-37(45)32(42-36(44)26-15-9-6-10-16-26)21-27-17-11-20-33(47-2)35(27)48-3/h5-22,24,34H,4H2,1-3H3,(H,41,45)(H,42,44)(H,43,46)/b32-21+. The van der Waals surface area contributed by atoms with Gasteiger partial charge in [-0.1, -0.05) is 73.7 Å². The number of ether oxygens (including phenoxy) is 2. The Morgan fingerprint density at radius 1 is 0.900 bits per heavy atom. The molecule has 0 aliphatic carbocycles. The molecule has 0 saturated carbocycles. The van der Waals surface area contributed by atoms with E-state index < -0.39 is 17.1 Å². The van der Waals surface area contributed by atoms with Gasteiger partial charge >= 0.3 is 0 Å². The van der Waals surface area contributed by atoms with E-state index in [0.29, 0.717) is 45.3 Å². The molecule has 3 N–H and O–H groups in total. The van der Waals surface area contributed by atoms with Crippen LogP contribution in [0, 0.1) is 11.3 Å². The smallest absolute Gasteiger partial charge is 0.272 e. The molecule has 0 aliphatic heterocycles. The van der Waals surface area contributed by atoms with Crippen LogP contribution >= 0.6 is 23.1 Å². The van der Waals surface area contributed by atoms with Gasteiger partial charge in [0.05, 0.1) is 25.0 Å². The number of thioether (sulfide) groups is 1. The van der Waals surface area contributed by atoms with Gasteiger partial charge in [-0.05, 0) is 54.5 Å². The molecule has 5 rings (SSSR count). The third kappa shape index (κ3) is 8.60. The molecule has 0 bridgehead atoms. The summed E-state index contributed by atoms with van der Waals surface area (Å²) in [5, 5.41) is 20.4. The average molecular weight is 703 g/mol. The number of nitrogens with zero attached hydrogens (tertiary/aromatic N) is 1. The minimum atomic E-state index is -0.568. The molecular formula is C39H34N4O5S2. The molecule has 3 amide bonds. The van der Waals surface area contributed by atoms with Crippen LogP contribution in [0.1, 0.15) is 34.8 Å². The highest BCUT2D eigenvalue weighted by Gasteiger charge is 2.23. The molecular weight excluding hydrogens is 669 g/mol. The molecule has 0 radical (unpaired) electrons. The number of para-hydroxylation sites is 1. The first-order valence-electron chi connectivity index (χ1n) is 15.6. The number of hydrogen-bond acceptors (Lipinski definition) is 8. The lowest BCUT2D eigenvalue weighted by molar-refractivity contribution is -0.116. The van der Waals surface area contributed by atoms with Gasteiger partial charge in [-0.2, -0.15) is 5.26 Å². The predicted molar refractivity (Wildman–Crippen MR) is 200 cm³/mol. The molecule has 1 heterocycles. The van der Waals surface area contributed by atoms with E-state index in [9.17, 15) is 19.6 Å². The monoisotopic (exact) mass is 702 g/mol. The van der Waals surface area contributed by atoms with Crippen LogP contribution in [0.15, 0.2) is 119 Å². The van der Waals surface area contributed by atoms with E-state index in [1.807, 2.05) is 48.7 Å². The number of anilines is 2. The first-order valence-corrected chi connectivity index (χ1v) is 17.4. The normalized spacial score (nSPS) is 11.5. The number of nitriles is 1. The van der Waals surface area contributed by atoms with Crippen LogP contribution in [-0.4, -0.2) is 37.2 Å². The number of amides is 3. The van der Waals surface area contributed by atoms with Crippen LogP contribution in [0.3, 0.4) is 0 Å². The topological polar surface area (TPSA) is 130 Å². The zero-order valence-electron chi connectivity index (χ0n) is 27.6. The van der Waals surface area contributed by atoms with E-state index in [1.165, 1.54) is 43.4 Å². The molecule has 5 aromatic rings. The van der Waals surface area contributed by atoms with Gasteiger partial charge in [-0.3, -0.25) is 14.4 Å². The molecule has 11 heteroatoms. The Labute approximate surface area is 299 Å².